The Hall–Kier alpha value is -2.43. The standard InChI is InChI=1S/C29H37N3O/c33-29(27-22-23-13-14-26(27)21-23)30-15-7-8-16-31-17-19-32(20-18-31)28(24-9-3-1-4-10-24)25-11-5-2-6-12-25/h1-6,9-14,23,26-28H,7-8,15-22H2,(H,30,33). The van der Waals surface area contributed by atoms with Crippen LogP contribution in [0.25, 0.3) is 0 Å². The fraction of sp³-hybridized carbons (Fsp3) is 0.483. The summed E-state index contributed by atoms with van der Waals surface area (Å²) in [6, 6.07) is 22.1. The summed E-state index contributed by atoms with van der Waals surface area (Å²) in [5.74, 6) is 1.68. The molecule has 2 bridgehead atoms. The van der Waals surface area contributed by atoms with Crippen molar-refractivity contribution in [2.45, 2.75) is 31.7 Å². The van der Waals surface area contributed by atoms with Gasteiger partial charge in [-0.2, -0.15) is 0 Å². The molecule has 1 saturated heterocycles. The first kappa shape index (κ1) is 22.4. The maximum absolute atomic E-state index is 12.5. The normalized spacial score (nSPS) is 25.1. The zero-order valence-corrected chi connectivity index (χ0v) is 19.6. The summed E-state index contributed by atoms with van der Waals surface area (Å²) < 4.78 is 0. The topological polar surface area (TPSA) is 35.6 Å². The minimum atomic E-state index is 0.232. The van der Waals surface area contributed by atoms with Crippen LogP contribution in [0, 0.1) is 17.8 Å². The average Bonchev–Trinajstić information content (AvgIpc) is 3.50. The number of unbranched alkanes of at least 4 members (excludes halogenated alkanes) is 1. The highest BCUT2D eigenvalue weighted by molar-refractivity contribution is 5.79. The predicted octanol–water partition coefficient (Wildman–Crippen LogP) is 4.50. The van der Waals surface area contributed by atoms with E-state index >= 15 is 0 Å². The van der Waals surface area contributed by atoms with Gasteiger partial charge in [-0.25, -0.2) is 0 Å². The Kier molecular flexibility index (Phi) is 7.23. The molecule has 2 aromatic rings. The molecule has 4 nitrogen and oxygen atoms in total. The second-order valence-corrected chi connectivity index (χ2v) is 9.99. The Bertz CT molecular complexity index is 881. The van der Waals surface area contributed by atoms with E-state index in [0.717, 1.165) is 58.5 Å². The third-order valence-electron chi connectivity index (χ3n) is 7.82. The quantitative estimate of drug-likeness (QED) is 0.458. The molecule has 33 heavy (non-hydrogen) atoms. The molecule has 0 radical (unpaired) electrons. The molecule has 4 heteroatoms. The number of nitrogens with zero attached hydrogens (tertiary/aromatic N) is 2. The molecule has 174 valence electrons. The van der Waals surface area contributed by atoms with E-state index in [4.69, 9.17) is 0 Å². The first-order chi connectivity index (χ1) is 16.3. The fourth-order valence-corrected chi connectivity index (χ4v) is 6.02. The van der Waals surface area contributed by atoms with E-state index in [2.05, 4.69) is 87.9 Å². The van der Waals surface area contributed by atoms with E-state index in [1.807, 2.05) is 0 Å². The Morgan fingerprint density at radius 3 is 2.09 bits per heavy atom. The summed E-state index contributed by atoms with van der Waals surface area (Å²) in [6.07, 6.45) is 9.04. The SMILES string of the molecule is O=C(NCCCCN1CCN(C(c2ccccc2)c2ccccc2)CC1)C1CC2C=CC1C2. The predicted molar refractivity (Wildman–Crippen MR) is 134 cm³/mol. The molecule has 3 unspecified atom stereocenters. The van der Waals surface area contributed by atoms with Gasteiger partial charge in [-0.15, -0.1) is 0 Å². The molecule has 1 N–H and O–H groups in total. The summed E-state index contributed by atoms with van der Waals surface area (Å²) in [7, 11) is 0. The molecule has 1 aliphatic heterocycles. The lowest BCUT2D eigenvalue weighted by Crippen LogP contribution is -2.48. The number of hydrogen-bond donors (Lipinski definition) is 1. The van der Waals surface area contributed by atoms with Crippen molar-refractivity contribution < 1.29 is 4.79 Å². The minimum absolute atomic E-state index is 0.232. The van der Waals surface area contributed by atoms with Gasteiger partial charge in [-0.1, -0.05) is 72.8 Å². The Labute approximate surface area is 198 Å². The molecule has 1 heterocycles. The van der Waals surface area contributed by atoms with Crippen molar-refractivity contribution in [3.05, 3.63) is 83.9 Å². The van der Waals surface area contributed by atoms with Gasteiger partial charge >= 0.3 is 0 Å². The number of rotatable bonds is 9. The van der Waals surface area contributed by atoms with Gasteiger partial charge in [0, 0.05) is 38.6 Å². The van der Waals surface area contributed by atoms with Gasteiger partial charge in [-0.05, 0) is 55.2 Å². The molecule has 2 fully saturated rings. The van der Waals surface area contributed by atoms with Crippen LogP contribution < -0.4 is 5.32 Å². The van der Waals surface area contributed by atoms with Crippen molar-refractivity contribution in [2.24, 2.45) is 17.8 Å². The van der Waals surface area contributed by atoms with E-state index in [1.165, 1.54) is 17.5 Å². The number of hydrogen-bond acceptors (Lipinski definition) is 3. The maximum atomic E-state index is 12.5. The van der Waals surface area contributed by atoms with Gasteiger partial charge in [0.25, 0.3) is 0 Å². The second-order valence-electron chi connectivity index (χ2n) is 9.99. The van der Waals surface area contributed by atoms with Crippen molar-refractivity contribution >= 4 is 5.91 Å². The molecule has 5 rings (SSSR count). The molecule has 1 amide bonds. The summed E-state index contributed by atoms with van der Waals surface area (Å²) in [5, 5.41) is 3.21. The first-order valence-corrected chi connectivity index (χ1v) is 12.8. The Morgan fingerprint density at radius 1 is 0.848 bits per heavy atom. The maximum Gasteiger partial charge on any atom is 0.223 e. The van der Waals surface area contributed by atoms with E-state index in [9.17, 15) is 4.79 Å². The van der Waals surface area contributed by atoms with Crippen molar-refractivity contribution in [1.82, 2.24) is 15.1 Å². The molecule has 0 aromatic heterocycles. The van der Waals surface area contributed by atoms with Crippen LogP contribution in [-0.4, -0.2) is 55.0 Å². The molecule has 1 saturated carbocycles. The zero-order valence-electron chi connectivity index (χ0n) is 19.6. The lowest BCUT2D eigenvalue weighted by atomic mass is 9.93. The van der Waals surface area contributed by atoms with Crippen LogP contribution in [0.1, 0.15) is 42.9 Å². The van der Waals surface area contributed by atoms with E-state index in [-0.39, 0.29) is 11.8 Å². The van der Waals surface area contributed by atoms with Crippen LogP contribution in [0.3, 0.4) is 0 Å². The highest BCUT2D eigenvalue weighted by Crippen LogP contribution is 2.43. The molecule has 3 atom stereocenters. The largest absolute Gasteiger partial charge is 0.356 e. The minimum Gasteiger partial charge on any atom is -0.356 e. The van der Waals surface area contributed by atoms with E-state index < -0.39 is 0 Å². The average molecular weight is 444 g/mol. The summed E-state index contributed by atoms with van der Waals surface area (Å²) in [4.78, 5) is 17.7. The third-order valence-corrected chi connectivity index (χ3v) is 7.82. The number of amides is 1. The molecule has 0 spiro atoms. The van der Waals surface area contributed by atoms with Crippen LogP contribution >= 0.6 is 0 Å². The highest BCUT2D eigenvalue weighted by Gasteiger charge is 2.39. The van der Waals surface area contributed by atoms with Crippen molar-refractivity contribution in [1.29, 1.82) is 0 Å². The van der Waals surface area contributed by atoms with Crippen LogP contribution in [0.15, 0.2) is 72.8 Å². The van der Waals surface area contributed by atoms with Crippen molar-refractivity contribution in [2.75, 3.05) is 39.3 Å². The van der Waals surface area contributed by atoms with Crippen molar-refractivity contribution in [3.63, 3.8) is 0 Å². The van der Waals surface area contributed by atoms with E-state index in [0.29, 0.717) is 17.9 Å². The Morgan fingerprint density at radius 2 is 1.52 bits per heavy atom. The third kappa shape index (κ3) is 5.39. The van der Waals surface area contributed by atoms with Gasteiger partial charge in [0.2, 0.25) is 5.91 Å². The van der Waals surface area contributed by atoms with Gasteiger partial charge in [0.15, 0.2) is 0 Å². The van der Waals surface area contributed by atoms with Gasteiger partial charge < -0.3 is 10.2 Å². The van der Waals surface area contributed by atoms with Crippen LogP contribution in [-0.2, 0) is 4.79 Å². The Balaban J connectivity index is 1.05. The number of nitrogens with one attached hydrogen (secondary N) is 1. The fourth-order valence-electron chi connectivity index (χ4n) is 6.02. The summed E-state index contributed by atoms with van der Waals surface area (Å²) >= 11 is 0. The summed E-state index contributed by atoms with van der Waals surface area (Å²) in [5.41, 5.74) is 2.75. The first-order valence-electron chi connectivity index (χ1n) is 12.8. The van der Waals surface area contributed by atoms with Crippen molar-refractivity contribution in [3.8, 4) is 0 Å². The van der Waals surface area contributed by atoms with E-state index in [1.54, 1.807) is 0 Å². The molecule has 2 aliphatic carbocycles. The lowest BCUT2D eigenvalue weighted by Gasteiger charge is -2.39. The lowest BCUT2D eigenvalue weighted by molar-refractivity contribution is -0.125. The number of carbonyl (C=O) groups is 1. The number of fused-ring (bicyclic) bond motifs is 2. The number of carbonyl (C=O) groups excluding carboxylic acids is 1. The number of piperazine rings is 1. The monoisotopic (exact) mass is 443 g/mol. The summed E-state index contributed by atoms with van der Waals surface area (Å²) in [6.45, 7) is 6.34. The van der Waals surface area contributed by atoms with Gasteiger partial charge in [0.05, 0.1) is 6.04 Å². The molecular formula is C29H37N3O. The molecular weight excluding hydrogens is 406 g/mol. The van der Waals surface area contributed by atoms with Gasteiger partial charge in [0.1, 0.15) is 0 Å². The number of allylic oxidation sites excluding steroid dienone is 2. The zero-order chi connectivity index (χ0) is 22.5. The number of benzene rings is 2. The molecule has 3 aliphatic rings. The van der Waals surface area contributed by atoms with Crippen LogP contribution in [0.5, 0.6) is 0 Å². The van der Waals surface area contributed by atoms with Crippen LogP contribution in [0.4, 0.5) is 0 Å². The van der Waals surface area contributed by atoms with Crippen LogP contribution in [0.2, 0.25) is 0 Å². The molecule has 2 aromatic carbocycles. The smallest absolute Gasteiger partial charge is 0.223 e. The highest BCUT2D eigenvalue weighted by atomic mass is 16.1. The van der Waals surface area contributed by atoms with Gasteiger partial charge in [-0.3, -0.25) is 9.69 Å². The second kappa shape index (κ2) is 10.7.